The molecule has 2 aromatic rings. The maximum atomic E-state index is 13.0. The lowest BCUT2D eigenvalue weighted by molar-refractivity contribution is -0.000183. The number of fused-ring (bicyclic) bond motifs is 1. The van der Waals surface area contributed by atoms with Crippen molar-refractivity contribution in [3.8, 4) is 5.75 Å². The average molecular weight is 384 g/mol. The van der Waals surface area contributed by atoms with E-state index in [1.165, 1.54) is 0 Å². The van der Waals surface area contributed by atoms with Gasteiger partial charge >= 0.3 is 5.63 Å². The summed E-state index contributed by atoms with van der Waals surface area (Å²) in [5, 5.41) is 11.2. The van der Waals surface area contributed by atoms with Crippen molar-refractivity contribution in [3.05, 3.63) is 63.2 Å². The molecule has 150 valence electrons. The zero-order valence-electron chi connectivity index (χ0n) is 16.4. The van der Waals surface area contributed by atoms with Gasteiger partial charge in [-0.25, -0.2) is 4.79 Å². The Hall–Kier alpha value is -2.11. The van der Waals surface area contributed by atoms with E-state index in [2.05, 4.69) is 0 Å². The normalized spacial score (nSPS) is 20.4. The lowest BCUT2D eigenvalue weighted by atomic mass is 9.86. The molecule has 28 heavy (non-hydrogen) atoms. The van der Waals surface area contributed by atoms with Crippen LogP contribution in [0.4, 0.5) is 0 Å². The first-order valence-electron chi connectivity index (χ1n) is 10.2. The van der Waals surface area contributed by atoms with Crippen molar-refractivity contribution in [2.75, 3.05) is 20.3 Å². The fraction of sp³-hybridized carbons (Fsp3) is 0.522. The molecule has 2 atom stereocenters. The molecule has 5 nitrogen and oxygen atoms in total. The standard InChI is InChI=1S/C23H28O5/c1-26-13-14-27-18-10-6-5-9-17-21(24)20(23(25)28-22(17)18)19(16-11-12-16)15-7-3-2-4-8-15/h2-4,7-8,16,18-19,24H,5-6,9-14H2,1H3. The Balaban J connectivity index is 1.76. The second-order valence-electron chi connectivity index (χ2n) is 7.82. The first-order valence-corrected chi connectivity index (χ1v) is 10.2. The number of ether oxygens (including phenoxy) is 2. The summed E-state index contributed by atoms with van der Waals surface area (Å²) in [6.07, 6.45) is 5.22. The fourth-order valence-corrected chi connectivity index (χ4v) is 4.33. The second kappa shape index (κ2) is 8.50. The van der Waals surface area contributed by atoms with Crippen LogP contribution in [-0.4, -0.2) is 25.4 Å². The molecule has 0 bridgehead atoms. The Morgan fingerprint density at radius 3 is 2.64 bits per heavy atom. The minimum atomic E-state index is -0.431. The fourth-order valence-electron chi connectivity index (χ4n) is 4.33. The maximum Gasteiger partial charge on any atom is 0.343 e. The van der Waals surface area contributed by atoms with Crippen molar-refractivity contribution in [2.24, 2.45) is 5.92 Å². The Morgan fingerprint density at radius 1 is 1.14 bits per heavy atom. The van der Waals surface area contributed by atoms with Crippen molar-refractivity contribution < 1.29 is 19.0 Å². The Morgan fingerprint density at radius 2 is 1.93 bits per heavy atom. The van der Waals surface area contributed by atoms with Crippen molar-refractivity contribution in [2.45, 2.75) is 50.5 Å². The molecule has 1 saturated carbocycles. The van der Waals surface area contributed by atoms with Gasteiger partial charge in [-0.15, -0.1) is 0 Å². The molecule has 5 heteroatoms. The van der Waals surface area contributed by atoms with Gasteiger partial charge in [0.15, 0.2) is 0 Å². The van der Waals surface area contributed by atoms with Crippen LogP contribution in [0, 0.1) is 5.92 Å². The van der Waals surface area contributed by atoms with E-state index in [1.54, 1.807) is 7.11 Å². The van der Waals surface area contributed by atoms with Crippen LogP contribution < -0.4 is 5.63 Å². The second-order valence-corrected chi connectivity index (χ2v) is 7.82. The third kappa shape index (κ3) is 3.87. The number of aromatic hydroxyl groups is 1. The zero-order chi connectivity index (χ0) is 19.5. The summed E-state index contributed by atoms with van der Waals surface area (Å²) in [7, 11) is 1.63. The molecule has 0 amide bonds. The highest BCUT2D eigenvalue weighted by Crippen LogP contribution is 2.49. The van der Waals surface area contributed by atoms with E-state index in [0.717, 1.165) is 43.2 Å². The van der Waals surface area contributed by atoms with Crippen molar-refractivity contribution in [1.29, 1.82) is 0 Å². The van der Waals surface area contributed by atoms with E-state index in [0.29, 0.717) is 36.9 Å². The van der Waals surface area contributed by atoms with Gasteiger partial charge in [-0.05, 0) is 43.6 Å². The summed E-state index contributed by atoms with van der Waals surface area (Å²) in [6, 6.07) is 9.99. The number of methoxy groups -OCH3 is 1. The Labute approximate surface area is 165 Å². The van der Waals surface area contributed by atoms with E-state index in [-0.39, 0.29) is 17.8 Å². The SMILES string of the molecule is COCCOC1CCCCc2c1oc(=O)c(C(c1ccccc1)C1CC1)c2O. The predicted molar refractivity (Wildman–Crippen MR) is 106 cm³/mol. The van der Waals surface area contributed by atoms with Crippen molar-refractivity contribution in [1.82, 2.24) is 0 Å². The number of hydrogen-bond acceptors (Lipinski definition) is 5. The van der Waals surface area contributed by atoms with Crippen LogP contribution in [0.5, 0.6) is 5.75 Å². The molecule has 1 aromatic carbocycles. The lowest BCUT2D eigenvalue weighted by Gasteiger charge is -2.22. The molecule has 0 spiro atoms. The van der Waals surface area contributed by atoms with Gasteiger partial charge in [-0.3, -0.25) is 0 Å². The molecule has 1 N–H and O–H groups in total. The molecule has 0 radical (unpaired) electrons. The number of hydrogen-bond donors (Lipinski definition) is 1. The van der Waals surface area contributed by atoms with Crippen LogP contribution in [0.15, 0.2) is 39.5 Å². The van der Waals surface area contributed by atoms with E-state index in [4.69, 9.17) is 13.9 Å². The Kier molecular flexibility index (Phi) is 5.83. The predicted octanol–water partition coefficient (Wildman–Crippen LogP) is 4.32. The minimum absolute atomic E-state index is 0.112. The van der Waals surface area contributed by atoms with E-state index in [9.17, 15) is 9.90 Å². The molecule has 1 fully saturated rings. The highest BCUT2D eigenvalue weighted by atomic mass is 16.5. The summed E-state index contributed by atoms with van der Waals surface area (Å²) in [5.41, 5.74) is 1.80. The van der Waals surface area contributed by atoms with Gasteiger partial charge in [0.1, 0.15) is 17.6 Å². The van der Waals surface area contributed by atoms with E-state index in [1.807, 2.05) is 30.3 Å². The molecule has 0 saturated heterocycles. The van der Waals surface area contributed by atoms with Crippen molar-refractivity contribution in [3.63, 3.8) is 0 Å². The molecule has 2 aliphatic carbocycles. The molecule has 4 rings (SSSR count). The van der Waals surface area contributed by atoms with Gasteiger partial charge in [0.25, 0.3) is 0 Å². The quantitative estimate of drug-likeness (QED) is 0.569. The molecular weight excluding hydrogens is 356 g/mol. The van der Waals surface area contributed by atoms with Crippen LogP contribution in [0.1, 0.15) is 66.6 Å². The summed E-state index contributed by atoms with van der Waals surface area (Å²) >= 11 is 0. The topological polar surface area (TPSA) is 68.9 Å². The van der Waals surface area contributed by atoms with Gasteiger partial charge in [0.2, 0.25) is 0 Å². The van der Waals surface area contributed by atoms with Gasteiger partial charge in [0, 0.05) is 18.6 Å². The molecule has 1 aromatic heterocycles. The largest absolute Gasteiger partial charge is 0.507 e. The molecular formula is C23H28O5. The lowest BCUT2D eigenvalue weighted by Crippen LogP contribution is -2.20. The summed E-state index contributed by atoms with van der Waals surface area (Å²) in [6.45, 7) is 0.916. The van der Waals surface area contributed by atoms with Crippen molar-refractivity contribution >= 4 is 0 Å². The molecule has 1 heterocycles. The third-order valence-electron chi connectivity index (χ3n) is 5.87. The van der Waals surface area contributed by atoms with Gasteiger partial charge in [0.05, 0.1) is 18.8 Å². The van der Waals surface area contributed by atoms with E-state index < -0.39 is 5.63 Å². The van der Waals surface area contributed by atoms with Gasteiger partial charge in [-0.2, -0.15) is 0 Å². The maximum absolute atomic E-state index is 13.0. The van der Waals surface area contributed by atoms with Crippen LogP contribution in [0.25, 0.3) is 0 Å². The summed E-state index contributed by atoms with van der Waals surface area (Å²) < 4.78 is 16.8. The number of rotatable bonds is 7. The molecule has 0 aliphatic heterocycles. The zero-order valence-corrected chi connectivity index (χ0v) is 16.4. The smallest absolute Gasteiger partial charge is 0.343 e. The highest BCUT2D eigenvalue weighted by molar-refractivity contribution is 5.47. The molecule has 2 unspecified atom stereocenters. The minimum Gasteiger partial charge on any atom is -0.507 e. The summed E-state index contributed by atoms with van der Waals surface area (Å²) in [5.74, 6) is 0.893. The third-order valence-corrected chi connectivity index (χ3v) is 5.87. The number of benzene rings is 1. The monoisotopic (exact) mass is 384 g/mol. The van der Waals surface area contributed by atoms with Crippen LogP contribution in [0.3, 0.4) is 0 Å². The van der Waals surface area contributed by atoms with E-state index >= 15 is 0 Å². The first-order chi connectivity index (χ1) is 13.7. The molecule has 2 aliphatic rings. The van der Waals surface area contributed by atoms with Gasteiger partial charge < -0.3 is 19.0 Å². The Bertz CT molecular complexity index is 853. The first kappa shape index (κ1) is 19.2. The highest BCUT2D eigenvalue weighted by Gasteiger charge is 2.39. The average Bonchev–Trinajstić information content (AvgIpc) is 3.54. The van der Waals surface area contributed by atoms with Gasteiger partial charge in [-0.1, -0.05) is 36.8 Å². The van der Waals surface area contributed by atoms with Crippen LogP contribution >= 0.6 is 0 Å². The van der Waals surface area contributed by atoms with Crippen LogP contribution in [0.2, 0.25) is 0 Å². The van der Waals surface area contributed by atoms with Crippen LogP contribution in [-0.2, 0) is 15.9 Å². The summed E-state index contributed by atoms with van der Waals surface area (Å²) in [4.78, 5) is 13.0.